The molecule has 1 atom stereocenters. The molecule has 0 aliphatic carbocycles. The Morgan fingerprint density at radius 1 is 0.875 bits per heavy atom. The quantitative estimate of drug-likeness (QED) is 0.240. The molecule has 5 aromatic heterocycles. The molecule has 0 fully saturated rings. The first-order valence-corrected chi connectivity index (χ1v) is 12.3. The summed E-state index contributed by atoms with van der Waals surface area (Å²) in [5, 5.41) is 8.61. The summed E-state index contributed by atoms with van der Waals surface area (Å²) in [4.78, 5) is 13.1. The fraction of sp³-hybridized carbons (Fsp3) is 0.179. The van der Waals surface area contributed by atoms with Gasteiger partial charge in [0.25, 0.3) is 11.9 Å². The van der Waals surface area contributed by atoms with E-state index in [2.05, 4.69) is 25.1 Å². The van der Waals surface area contributed by atoms with Crippen LogP contribution in [0.1, 0.15) is 29.9 Å². The molecule has 0 saturated heterocycles. The molecule has 0 saturated carbocycles. The zero-order valence-electron chi connectivity index (χ0n) is 21.6. The van der Waals surface area contributed by atoms with Crippen LogP contribution in [0.15, 0.2) is 73.3 Å². The highest BCUT2D eigenvalue weighted by Gasteiger charge is 2.38. The zero-order valence-corrected chi connectivity index (χ0v) is 21.6. The molecule has 0 bridgehead atoms. The van der Waals surface area contributed by atoms with E-state index >= 15 is 0 Å². The maximum Gasteiger partial charge on any atom is 0.271 e. The number of aryl methyl sites for hydroxylation is 2. The van der Waals surface area contributed by atoms with E-state index < -0.39 is 23.6 Å². The van der Waals surface area contributed by atoms with E-state index in [0.29, 0.717) is 17.2 Å². The van der Waals surface area contributed by atoms with Gasteiger partial charge in [0.1, 0.15) is 17.6 Å². The third-order valence-corrected chi connectivity index (χ3v) is 6.61. The second-order valence-electron chi connectivity index (χ2n) is 9.59. The number of nitrogens with zero attached hydrogens (tertiary/aromatic N) is 8. The minimum Gasteiger partial charge on any atom is -0.286 e. The highest BCUT2D eigenvalue weighted by Crippen LogP contribution is 2.35. The van der Waals surface area contributed by atoms with Gasteiger partial charge in [-0.2, -0.15) is 10.1 Å². The summed E-state index contributed by atoms with van der Waals surface area (Å²) in [6.45, 7) is 4.67. The molecule has 8 nitrogen and oxygen atoms in total. The molecule has 0 radical (unpaired) electrons. The van der Waals surface area contributed by atoms with E-state index in [1.807, 2.05) is 30.5 Å². The second kappa shape index (κ2) is 9.40. The Morgan fingerprint density at radius 2 is 1.60 bits per heavy atom. The largest absolute Gasteiger partial charge is 0.286 e. The summed E-state index contributed by atoms with van der Waals surface area (Å²) in [7, 11) is 0. The van der Waals surface area contributed by atoms with E-state index in [9.17, 15) is 17.6 Å². The molecule has 12 heteroatoms. The smallest absolute Gasteiger partial charge is 0.271 e. The van der Waals surface area contributed by atoms with Crippen molar-refractivity contribution in [2.75, 3.05) is 0 Å². The van der Waals surface area contributed by atoms with Crippen molar-refractivity contribution in [2.24, 2.45) is 0 Å². The van der Waals surface area contributed by atoms with Crippen LogP contribution in [0.3, 0.4) is 0 Å². The highest BCUT2D eigenvalue weighted by molar-refractivity contribution is 5.65. The van der Waals surface area contributed by atoms with Crippen molar-refractivity contribution in [3.8, 4) is 28.6 Å². The first-order valence-electron chi connectivity index (χ1n) is 12.3. The summed E-state index contributed by atoms with van der Waals surface area (Å²) >= 11 is 0. The Balaban J connectivity index is 1.36. The van der Waals surface area contributed by atoms with E-state index in [0.717, 1.165) is 41.3 Å². The van der Waals surface area contributed by atoms with Crippen molar-refractivity contribution in [3.63, 3.8) is 0 Å². The normalized spacial score (nSPS) is 12.8. The predicted molar refractivity (Wildman–Crippen MR) is 139 cm³/mol. The number of hydrogen-bond acceptors (Lipinski definition) is 5. The Morgan fingerprint density at radius 3 is 2.30 bits per heavy atom. The molecule has 40 heavy (non-hydrogen) atoms. The van der Waals surface area contributed by atoms with Crippen LogP contribution in [0.4, 0.5) is 17.6 Å². The van der Waals surface area contributed by atoms with Crippen LogP contribution in [0.25, 0.3) is 34.2 Å². The lowest BCUT2D eigenvalue weighted by atomic mass is 10.0. The van der Waals surface area contributed by atoms with Gasteiger partial charge in [-0.25, -0.2) is 32.0 Å². The summed E-state index contributed by atoms with van der Waals surface area (Å²) in [6, 6.07) is 10.6. The number of halogens is 4. The Hall–Kier alpha value is -4.87. The van der Waals surface area contributed by atoms with Gasteiger partial charge in [-0.05, 0) is 55.8 Å². The number of rotatable bonds is 6. The van der Waals surface area contributed by atoms with Crippen molar-refractivity contribution in [1.82, 2.24) is 38.9 Å². The lowest BCUT2D eigenvalue weighted by molar-refractivity contribution is -0.0217. The molecular formula is C28H22F4N8. The summed E-state index contributed by atoms with van der Waals surface area (Å²) in [5.74, 6) is -3.82. The molecule has 1 aromatic carbocycles. The van der Waals surface area contributed by atoms with Gasteiger partial charge in [0.05, 0.1) is 12.4 Å². The van der Waals surface area contributed by atoms with E-state index in [4.69, 9.17) is 0 Å². The standard InChI is InChI=1S/C28H22F4N8/c1-16-4-5-17(2)40(16)27-35-23-12-19(10-11-38(23)37-27)26-33-14-22(30)24(36-26)20-13-34-39(15-20)25(28(3,31)32)18-6-8-21(29)9-7-18/h4-15,25H,1-3H3/t25-/m1/s1. The predicted octanol–water partition coefficient (Wildman–Crippen LogP) is 5.98. The molecular weight excluding hydrogens is 524 g/mol. The third-order valence-electron chi connectivity index (χ3n) is 6.61. The second-order valence-corrected chi connectivity index (χ2v) is 9.59. The van der Waals surface area contributed by atoms with Gasteiger partial charge in [-0.1, -0.05) is 12.1 Å². The van der Waals surface area contributed by atoms with Crippen LogP contribution in [-0.4, -0.2) is 44.8 Å². The van der Waals surface area contributed by atoms with Crippen LogP contribution >= 0.6 is 0 Å². The molecule has 0 spiro atoms. The number of aromatic nitrogens is 8. The van der Waals surface area contributed by atoms with E-state index in [-0.39, 0.29) is 22.6 Å². The Kier molecular flexibility index (Phi) is 5.97. The Bertz CT molecular complexity index is 1830. The van der Waals surface area contributed by atoms with Gasteiger partial charge in [0.2, 0.25) is 0 Å². The average molecular weight is 547 g/mol. The van der Waals surface area contributed by atoms with Crippen LogP contribution in [-0.2, 0) is 0 Å². The van der Waals surface area contributed by atoms with Crippen molar-refractivity contribution in [1.29, 1.82) is 0 Å². The molecule has 0 N–H and O–H groups in total. The van der Waals surface area contributed by atoms with Crippen molar-refractivity contribution < 1.29 is 17.6 Å². The first kappa shape index (κ1) is 25.4. The fourth-order valence-corrected chi connectivity index (χ4v) is 4.72. The van der Waals surface area contributed by atoms with Gasteiger partial charge in [-0.15, -0.1) is 5.10 Å². The van der Waals surface area contributed by atoms with Gasteiger partial charge < -0.3 is 0 Å². The highest BCUT2D eigenvalue weighted by atomic mass is 19.3. The summed E-state index contributed by atoms with van der Waals surface area (Å²) < 4.78 is 62.1. The lowest BCUT2D eigenvalue weighted by Crippen LogP contribution is -2.29. The molecule has 6 aromatic rings. The maximum absolute atomic E-state index is 14.9. The Labute approximate surface area is 225 Å². The maximum atomic E-state index is 14.9. The van der Waals surface area contributed by atoms with Crippen LogP contribution in [0, 0.1) is 25.5 Å². The van der Waals surface area contributed by atoms with Crippen LogP contribution < -0.4 is 0 Å². The average Bonchev–Trinajstić information content (AvgIpc) is 3.63. The zero-order chi connectivity index (χ0) is 28.2. The number of alkyl halides is 2. The van der Waals surface area contributed by atoms with Gasteiger partial charge in [-0.3, -0.25) is 9.25 Å². The third kappa shape index (κ3) is 4.51. The van der Waals surface area contributed by atoms with Crippen molar-refractivity contribution in [3.05, 3.63) is 102 Å². The topological polar surface area (TPSA) is 78.7 Å². The van der Waals surface area contributed by atoms with Gasteiger partial charge in [0, 0.05) is 41.8 Å². The number of benzene rings is 1. The van der Waals surface area contributed by atoms with E-state index in [1.54, 1.807) is 22.8 Å². The molecule has 0 amide bonds. The molecule has 5 heterocycles. The summed E-state index contributed by atoms with van der Waals surface area (Å²) in [6.07, 6.45) is 5.27. The molecule has 202 valence electrons. The van der Waals surface area contributed by atoms with Crippen LogP contribution in [0.2, 0.25) is 0 Å². The lowest BCUT2D eigenvalue weighted by Gasteiger charge is -2.24. The summed E-state index contributed by atoms with van der Waals surface area (Å²) in [5.41, 5.74) is 3.31. The van der Waals surface area contributed by atoms with Crippen molar-refractivity contribution in [2.45, 2.75) is 32.7 Å². The molecule has 6 rings (SSSR count). The minimum atomic E-state index is -3.25. The molecule has 0 unspecified atom stereocenters. The number of pyridine rings is 1. The van der Waals surface area contributed by atoms with Crippen LogP contribution in [0.5, 0.6) is 0 Å². The molecule has 0 aliphatic rings. The first-order chi connectivity index (χ1) is 19.1. The number of hydrogen-bond donors (Lipinski definition) is 0. The number of fused-ring (bicyclic) bond motifs is 1. The SMILES string of the molecule is Cc1ccc(C)n1-c1nc2cc(-c3ncc(F)c(-c4cnn([C@H](c5ccc(F)cc5)C(C)(F)F)c4)n3)ccn2n1. The fourth-order valence-electron chi connectivity index (χ4n) is 4.72. The monoisotopic (exact) mass is 546 g/mol. The van der Waals surface area contributed by atoms with Gasteiger partial charge >= 0.3 is 0 Å². The van der Waals surface area contributed by atoms with E-state index in [1.165, 1.54) is 24.5 Å². The van der Waals surface area contributed by atoms with Crippen molar-refractivity contribution >= 4 is 5.65 Å². The molecule has 0 aliphatic heterocycles. The minimum absolute atomic E-state index is 0.103. The van der Waals surface area contributed by atoms with Gasteiger partial charge in [0.15, 0.2) is 17.3 Å².